The molecule has 0 saturated heterocycles. The maximum Gasteiger partial charge on any atom is 0.257 e. The summed E-state index contributed by atoms with van der Waals surface area (Å²) >= 11 is 0. The van der Waals surface area contributed by atoms with E-state index in [2.05, 4.69) is 10.3 Å². The third kappa shape index (κ3) is 6.65. The van der Waals surface area contributed by atoms with Gasteiger partial charge in [0.15, 0.2) is 0 Å². The summed E-state index contributed by atoms with van der Waals surface area (Å²) in [6.07, 6.45) is 3.39. The number of anilines is 1. The summed E-state index contributed by atoms with van der Waals surface area (Å²) < 4.78 is 11.9. The highest BCUT2D eigenvalue weighted by molar-refractivity contribution is 5.99. The van der Waals surface area contributed by atoms with E-state index >= 15 is 0 Å². The molecule has 0 spiro atoms. The van der Waals surface area contributed by atoms with E-state index in [1.54, 1.807) is 43.5 Å². The van der Waals surface area contributed by atoms with Crippen LogP contribution < -0.4 is 10.1 Å². The zero-order valence-electron chi connectivity index (χ0n) is 22.0. The molecule has 1 aliphatic carbocycles. The molecule has 9 nitrogen and oxygen atoms in total. The highest BCUT2D eigenvalue weighted by Crippen LogP contribution is 2.32. The summed E-state index contributed by atoms with van der Waals surface area (Å²) in [5, 5.41) is 2.92. The Hall–Kier alpha value is -3.46. The third-order valence-corrected chi connectivity index (χ3v) is 7.04. The molecule has 4 rings (SSSR count). The predicted octanol–water partition coefficient (Wildman–Crippen LogP) is 3.01. The first-order valence-electron chi connectivity index (χ1n) is 12.8. The fraction of sp³-hybridized carbons (Fsp3) is 0.500. The first kappa shape index (κ1) is 26.6. The van der Waals surface area contributed by atoms with Crippen molar-refractivity contribution in [1.82, 2.24) is 14.8 Å². The molecule has 0 unspecified atom stereocenters. The molecule has 1 aliphatic heterocycles. The fourth-order valence-corrected chi connectivity index (χ4v) is 4.55. The SMILES string of the molecule is CO[C@H]1CN(C)C(=O)c2ccc(NC(=O)C3CC3)cc2OC[C@@H](C)N(C(=O)Cc2ccccn2)C[C@@H]1C. The number of hydrogen-bond acceptors (Lipinski definition) is 6. The van der Waals surface area contributed by atoms with E-state index < -0.39 is 0 Å². The van der Waals surface area contributed by atoms with Crippen LogP contribution in [0.15, 0.2) is 42.6 Å². The van der Waals surface area contributed by atoms with Crippen molar-refractivity contribution in [3.05, 3.63) is 53.9 Å². The van der Waals surface area contributed by atoms with Crippen LogP contribution >= 0.6 is 0 Å². The van der Waals surface area contributed by atoms with Gasteiger partial charge < -0.3 is 24.6 Å². The molecule has 2 heterocycles. The van der Waals surface area contributed by atoms with E-state index in [-0.39, 0.29) is 54.7 Å². The van der Waals surface area contributed by atoms with Gasteiger partial charge in [0.05, 0.1) is 24.1 Å². The van der Waals surface area contributed by atoms with Gasteiger partial charge in [0.2, 0.25) is 11.8 Å². The molecular formula is C28H36N4O5. The largest absolute Gasteiger partial charge is 0.491 e. The molecule has 1 N–H and O–H groups in total. The van der Waals surface area contributed by atoms with Gasteiger partial charge in [-0.2, -0.15) is 0 Å². The lowest BCUT2D eigenvalue weighted by Gasteiger charge is -2.36. The number of methoxy groups -OCH3 is 1. The van der Waals surface area contributed by atoms with Crippen molar-refractivity contribution in [2.45, 2.75) is 45.3 Å². The fourth-order valence-electron chi connectivity index (χ4n) is 4.55. The molecule has 1 aromatic heterocycles. The van der Waals surface area contributed by atoms with Gasteiger partial charge >= 0.3 is 0 Å². The normalized spacial score (nSPS) is 22.8. The highest BCUT2D eigenvalue weighted by Gasteiger charge is 2.32. The van der Waals surface area contributed by atoms with Gasteiger partial charge in [0.1, 0.15) is 12.4 Å². The molecular weight excluding hydrogens is 472 g/mol. The summed E-state index contributed by atoms with van der Waals surface area (Å²) in [5.41, 5.74) is 1.68. The molecule has 0 radical (unpaired) electrons. The quantitative estimate of drug-likeness (QED) is 0.666. The molecule has 1 fully saturated rings. The minimum atomic E-state index is -0.277. The predicted molar refractivity (Wildman–Crippen MR) is 139 cm³/mol. The summed E-state index contributed by atoms with van der Waals surface area (Å²) in [4.78, 5) is 46.8. The topological polar surface area (TPSA) is 101 Å². The average Bonchev–Trinajstić information content (AvgIpc) is 3.74. The second-order valence-corrected chi connectivity index (χ2v) is 10.1. The average molecular weight is 509 g/mol. The molecule has 3 atom stereocenters. The van der Waals surface area contributed by atoms with E-state index in [0.717, 1.165) is 12.8 Å². The smallest absolute Gasteiger partial charge is 0.257 e. The molecule has 2 aromatic rings. The van der Waals surface area contributed by atoms with Crippen LogP contribution in [0, 0.1) is 11.8 Å². The van der Waals surface area contributed by atoms with Crippen LogP contribution in [0.1, 0.15) is 42.7 Å². The maximum absolute atomic E-state index is 13.4. The molecule has 3 amide bonds. The minimum absolute atomic E-state index is 0.0202. The van der Waals surface area contributed by atoms with Crippen molar-refractivity contribution in [1.29, 1.82) is 0 Å². The van der Waals surface area contributed by atoms with Crippen LogP contribution in [-0.4, -0.2) is 78.5 Å². The molecule has 198 valence electrons. The Kier molecular flexibility index (Phi) is 8.43. The van der Waals surface area contributed by atoms with E-state index in [1.807, 2.05) is 36.9 Å². The molecule has 9 heteroatoms. The van der Waals surface area contributed by atoms with Gasteiger partial charge in [0, 0.05) is 62.7 Å². The monoisotopic (exact) mass is 508 g/mol. The Bertz CT molecular complexity index is 1120. The van der Waals surface area contributed by atoms with Crippen molar-refractivity contribution >= 4 is 23.4 Å². The second-order valence-electron chi connectivity index (χ2n) is 10.1. The second kappa shape index (κ2) is 11.7. The first-order chi connectivity index (χ1) is 17.8. The van der Waals surface area contributed by atoms with Gasteiger partial charge in [-0.25, -0.2) is 0 Å². The lowest BCUT2D eigenvalue weighted by atomic mass is 10.0. The van der Waals surface area contributed by atoms with Crippen LogP contribution in [-0.2, 0) is 20.7 Å². The standard InChI is InChI=1S/C28H36N4O5/c1-18-15-32(26(33)14-21-7-5-6-12-29-21)19(2)17-37-24-13-22(30-27(34)20-8-9-20)10-11-23(24)28(35)31(3)16-25(18)36-4/h5-7,10-13,18-20,25H,8-9,14-17H2,1-4H3,(H,30,34)/t18-,19+,25-/m0/s1. The van der Waals surface area contributed by atoms with Gasteiger partial charge in [-0.1, -0.05) is 13.0 Å². The van der Waals surface area contributed by atoms with E-state index in [4.69, 9.17) is 9.47 Å². The zero-order chi connectivity index (χ0) is 26.5. The summed E-state index contributed by atoms with van der Waals surface area (Å²) in [6, 6.07) is 10.3. The van der Waals surface area contributed by atoms with Crippen LogP contribution in [0.25, 0.3) is 0 Å². The lowest BCUT2D eigenvalue weighted by molar-refractivity contribution is -0.134. The molecule has 2 aliphatic rings. The van der Waals surface area contributed by atoms with Crippen molar-refractivity contribution in [2.75, 3.05) is 39.2 Å². The lowest BCUT2D eigenvalue weighted by Crippen LogP contribution is -2.49. The minimum Gasteiger partial charge on any atom is -0.491 e. The van der Waals surface area contributed by atoms with Crippen LogP contribution in [0.5, 0.6) is 5.75 Å². The Labute approximate surface area is 218 Å². The maximum atomic E-state index is 13.4. The Morgan fingerprint density at radius 2 is 1.95 bits per heavy atom. The Morgan fingerprint density at radius 1 is 1.16 bits per heavy atom. The number of fused-ring (bicyclic) bond motifs is 1. The number of aromatic nitrogens is 1. The van der Waals surface area contributed by atoms with Crippen LogP contribution in [0.4, 0.5) is 5.69 Å². The van der Waals surface area contributed by atoms with Crippen molar-refractivity contribution in [3.8, 4) is 5.75 Å². The summed E-state index contributed by atoms with van der Waals surface area (Å²) in [7, 11) is 3.35. The van der Waals surface area contributed by atoms with Crippen molar-refractivity contribution in [2.24, 2.45) is 11.8 Å². The zero-order valence-corrected chi connectivity index (χ0v) is 22.0. The van der Waals surface area contributed by atoms with Crippen LogP contribution in [0.2, 0.25) is 0 Å². The molecule has 1 aromatic carbocycles. The van der Waals surface area contributed by atoms with Gasteiger partial charge in [-0.15, -0.1) is 0 Å². The number of hydrogen-bond donors (Lipinski definition) is 1. The highest BCUT2D eigenvalue weighted by atomic mass is 16.5. The molecule has 0 bridgehead atoms. The van der Waals surface area contributed by atoms with Gasteiger partial charge in [-0.05, 0) is 44.0 Å². The molecule has 1 saturated carbocycles. The number of ether oxygens (including phenoxy) is 2. The van der Waals surface area contributed by atoms with Crippen molar-refractivity contribution < 1.29 is 23.9 Å². The Balaban J connectivity index is 1.62. The number of carbonyl (C=O) groups excluding carboxylic acids is 3. The number of nitrogens with zero attached hydrogens (tertiary/aromatic N) is 3. The number of nitrogens with one attached hydrogen (secondary N) is 1. The van der Waals surface area contributed by atoms with Crippen molar-refractivity contribution in [3.63, 3.8) is 0 Å². The first-order valence-corrected chi connectivity index (χ1v) is 12.8. The number of benzene rings is 1. The molecule has 37 heavy (non-hydrogen) atoms. The summed E-state index contributed by atoms with van der Waals surface area (Å²) in [5.74, 6) is 0.130. The third-order valence-electron chi connectivity index (χ3n) is 7.04. The number of likely N-dealkylation sites (N-methyl/N-ethyl adjacent to an activating group) is 1. The number of amides is 3. The Morgan fingerprint density at radius 3 is 2.62 bits per heavy atom. The van der Waals surface area contributed by atoms with E-state index in [1.165, 1.54) is 0 Å². The summed E-state index contributed by atoms with van der Waals surface area (Å²) in [6.45, 7) is 4.94. The van der Waals surface area contributed by atoms with E-state index in [0.29, 0.717) is 35.8 Å². The van der Waals surface area contributed by atoms with Crippen LogP contribution in [0.3, 0.4) is 0 Å². The number of pyridine rings is 1. The number of carbonyl (C=O) groups is 3. The van der Waals surface area contributed by atoms with Gasteiger partial charge in [-0.3, -0.25) is 19.4 Å². The van der Waals surface area contributed by atoms with E-state index in [9.17, 15) is 14.4 Å². The van der Waals surface area contributed by atoms with Gasteiger partial charge in [0.25, 0.3) is 5.91 Å². The number of rotatable bonds is 5.